The molecular formula is C10H18N4O. The lowest BCUT2D eigenvalue weighted by atomic mass is 10.1. The summed E-state index contributed by atoms with van der Waals surface area (Å²) in [5, 5.41) is 0. The van der Waals surface area contributed by atoms with E-state index in [4.69, 9.17) is 21.5 Å². The molecule has 0 aromatic carbocycles. The van der Waals surface area contributed by atoms with Gasteiger partial charge in [0.2, 0.25) is 0 Å². The van der Waals surface area contributed by atoms with Crippen LogP contribution in [0.1, 0.15) is 31.6 Å². The standard InChI is InChI=1S/C10H16N2O.H2N2/c1-3-5-9(13-2)8-6-4-7-10(11)12-8;1-2/h4,6-7,9H,3,5H2,1-2H3,(H2,11,12);1-2H. The van der Waals surface area contributed by atoms with Crippen LogP contribution in [-0.4, -0.2) is 12.1 Å². The van der Waals surface area contributed by atoms with Gasteiger partial charge >= 0.3 is 0 Å². The Morgan fingerprint density at radius 3 is 2.60 bits per heavy atom. The molecule has 1 atom stereocenters. The summed E-state index contributed by atoms with van der Waals surface area (Å²) in [5.41, 5.74) is 16.5. The molecule has 1 rings (SSSR count). The van der Waals surface area contributed by atoms with Crippen molar-refractivity contribution in [1.82, 2.24) is 4.98 Å². The van der Waals surface area contributed by atoms with Gasteiger partial charge in [-0.1, -0.05) is 19.4 Å². The Bertz CT molecular complexity index is 280. The van der Waals surface area contributed by atoms with Gasteiger partial charge in [0.05, 0.1) is 11.8 Å². The lowest BCUT2D eigenvalue weighted by molar-refractivity contribution is 0.0916. The molecule has 1 unspecified atom stereocenters. The van der Waals surface area contributed by atoms with Crippen molar-refractivity contribution < 1.29 is 4.74 Å². The molecule has 84 valence electrons. The van der Waals surface area contributed by atoms with Crippen LogP contribution >= 0.6 is 0 Å². The Hall–Kier alpha value is -1.49. The van der Waals surface area contributed by atoms with Gasteiger partial charge in [-0.05, 0) is 18.6 Å². The summed E-state index contributed by atoms with van der Waals surface area (Å²) in [6, 6.07) is 5.63. The fraction of sp³-hybridized carbons (Fsp3) is 0.500. The van der Waals surface area contributed by atoms with Crippen molar-refractivity contribution in [3.63, 3.8) is 0 Å². The van der Waals surface area contributed by atoms with Crippen molar-refractivity contribution in [2.75, 3.05) is 12.8 Å². The van der Waals surface area contributed by atoms with Crippen LogP contribution in [0.15, 0.2) is 18.2 Å². The third kappa shape index (κ3) is 4.51. The molecule has 1 aromatic heterocycles. The minimum absolute atomic E-state index is 0.0773. The van der Waals surface area contributed by atoms with E-state index in [9.17, 15) is 0 Å². The first-order valence-electron chi connectivity index (χ1n) is 4.78. The molecule has 0 aliphatic heterocycles. The van der Waals surface area contributed by atoms with Gasteiger partial charge in [-0.2, -0.15) is 0 Å². The first-order chi connectivity index (χ1) is 7.27. The highest BCUT2D eigenvalue weighted by Gasteiger charge is 2.10. The molecule has 0 spiro atoms. The summed E-state index contributed by atoms with van der Waals surface area (Å²) in [5.74, 6) is 0.552. The second kappa shape index (κ2) is 7.87. The predicted molar refractivity (Wildman–Crippen MR) is 58.7 cm³/mol. The number of rotatable bonds is 4. The van der Waals surface area contributed by atoms with Gasteiger partial charge < -0.3 is 10.5 Å². The quantitative estimate of drug-likeness (QED) is 0.666. The number of methoxy groups -OCH3 is 1. The topological polar surface area (TPSA) is 95.8 Å². The van der Waals surface area contributed by atoms with Gasteiger partial charge in [0.25, 0.3) is 0 Å². The van der Waals surface area contributed by atoms with Gasteiger partial charge in [0.15, 0.2) is 0 Å². The summed E-state index contributed by atoms with van der Waals surface area (Å²) >= 11 is 0. The molecule has 0 fully saturated rings. The van der Waals surface area contributed by atoms with Crippen LogP contribution in [-0.2, 0) is 4.74 Å². The Balaban J connectivity index is 0.000000921. The second-order valence-corrected chi connectivity index (χ2v) is 3.00. The number of nitrogens with zero attached hydrogens (tertiary/aromatic N) is 1. The van der Waals surface area contributed by atoms with Crippen LogP contribution in [0.25, 0.3) is 0 Å². The van der Waals surface area contributed by atoms with Crippen LogP contribution in [0.3, 0.4) is 0 Å². The lowest BCUT2D eigenvalue weighted by Crippen LogP contribution is -2.04. The zero-order valence-electron chi connectivity index (χ0n) is 9.16. The third-order valence-electron chi connectivity index (χ3n) is 1.96. The molecular weight excluding hydrogens is 192 g/mol. The average molecular weight is 210 g/mol. The van der Waals surface area contributed by atoms with E-state index in [-0.39, 0.29) is 6.10 Å². The van der Waals surface area contributed by atoms with E-state index in [0.717, 1.165) is 18.5 Å². The molecule has 4 N–H and O–H groups in total. The van der Waals surface area contributed by atoms with Gasteiger partial charge in [-0.25, -0.2) is 16.0 Å². The minimum Gasteiger partial charge on any atom is -0.384 e. The van der Waals surface area contributed by atoms with E-state index in [1.54, 1.807) is 13.2 Å². The van der Waals surface area contributed by atoms with E-state index < -0.39 is 0 Å². The van der Waals surface area contributed by atoms with E-state index >= 15 is 0 Å². The first kappa shape index (κ1) is 13.5. The van der Waals surface area contributed by atoms with Gasteiger partial charge in [0, 0.05) is 7.11 Å². The highest BCUT2D eigenvalue weighted by atomic mass is 16.5. The Morgan fingerprint density at radius 2 is 2.13 bits per heavy atom. The zero-order chi connectivity index (χ0) is 11.7. The normalized spacial score (nSPS) is 11.3. The number of hydrogen-bond acceptors (Lipinski definition) is 5. The van der Waals surface area contributed by atoms with Gasteiger partial charge in [0.1, 0.15) is 5.82 Å². The molecule has 15 heavy (non-hydrogen) atoms. The second-order valence-electron chi connectivity index (χ2n) is 3.00. The molecule has 0 amide bonds. The van der Waals surface area contributed by atoms with Crippen molar-refractivity contribution in [2.24, 2.45) is 0 Å². The molecule has 1 aromatic rings. The zero-order valence-corrected chi connectivity index (χ0v) is 9.16. The van der Waals surface area contributed by atoms with E-state index in [0.29, 0.717) is 5.82 Å². The monoisotopic (exact) mass is 210 g/mol. The van der Waals surface area contributed by atoms with Crippen molar-refractivity contribution in [3.8, 4) is 0 Å². The lowest BCUT2D eigenvalue weighted by Gasteiger charge is -2.13. The number of nitrogens with two attached hydrogens (primary N) is 1. The number of nitrogens with one attached hydrogen (secondary N) is 2. The maximum absolute atomic E-state index is 5.58. The summed E-state index contributed by atoms with van der Waals surface area (Å²) in [7, 11) is 1.70. The molecule has 0 saturated carbocycles. The van der Waals surface area contributed by atoms with Crippen LogP contribution in [0.5, 0.6) is 0 Å². The molecule has 1 heterocycles. The SMILES string of the molecule is CCCC(OC)c1cccc(N)n1.N=N. The van der Waals surface area contributed by atoms with E-state index in [1.165, 1.54) is 0 Å². The first-order valence-corrected chi connectivity index (χ1v) is 4.78. The van der Waals surface area contributed by atoms with Crippen molar-refractivity contribution in [1.29, 1.82) is 11.1 Å². The van der Waals surface area contributed by atoms with E-state index in [1.807, 2.05) is 12.1 Å². The number of hydrogen-bond donors (Lipinski definition) is 3. The Kier molecular flexibility index (Phi) is 7.09. The average Bonchev–Trinajstić information content (AvgIpc) is 2.28. The molecule has 0 aliphatic carbocycles. The highest BCUT2D eigenvalue weighted by Crippen LogP contribution is 2.20. The van der Waals surface area contributed by atoms with Crippen molar-refractivity contribution >= 4 is 5.82 Å². The van der Waals surface area contributed by atoms with Crippen LogP contribution < -0.4 is 5.73 Å². The highest BCUT2D eigenvalue weighted by molar-refractivity contribution is 5.29. The molecule has 0 saturated heterocycles. The van der Waals surface area contributed by atoms with Crippen LogP contribution in [0.2, 0.25) is 0 Å². The summed E-state index contributed by atoms with van der Waals surface area (Å²) < 4.78 is 5.31. The summed E-state index contributed by atoms with van der Waals surface area (Å²) in [4.78, 5) is 4.22. The molecule has 0 aliphatic rings. The minimum atomic E-state index is 0.0773. The van der Waals surface area contributed by atoms with Crippen molar-refractivity contribution in [2.45, 2.75) is 25.9 Å². The largest absolute Gasteiger partial charge is 0.384 e. The van der Waals surface area contributed by atoms with Gasteiger partial charge in [-0.15, -0.1) is 0 Å². The number of aromatic nitrogens is 1. The maximum atomic E-state index is 5.58. The predicted octanol–water partition coefficient (Wildman–Crippen LogP) is 2.75. The molecule has 5 nitrogen and oxygen atoms in total. The van der Waals surface area contributed by atoms with Crippen LogP contribution in [0.4, 0.5) is 5.82 Å². The van der Waals surface area contributed by atoms with E-state index in [2.05, 4.69) is 11.9 Å². The molecule has 5 heteroatoms. The smallest absolute Gasteiger partial charge is 0.123 e. The third-order valence-corrected chi connectivity index (χ3v) is 1.96. The van der Waals surface area contributed by atoms with Crippen molar-refractivity contribution in [3.05, 3.63) is 23.9 Å². The number of anilines is 1. The fourth-order valence-electron chi connectivity index (χ4n) is 1.30. The fourth-order valence-corrected chi connectivity index (χ4v) is 1.30. The number of pyridine rings is 1. The summed E-state index contributed by atoms with van der Waals surface area (Å²) in [6.07, 6.45) is 2.13. The Morgan fingerprint density at radius 1 is 1.47 bits per heavy atom. The molecule has 0 bridgehead atoms. The number of ether oxygens (including phenoxy) is 1. The number of nitrogen functional groups attached to an aromatic ring is 1. The summed E-state index contributed by atoms with van der Waals surface area (Å²) in [6.45, 7) is 2.12. The van der Waals surface area contributed by atoms with Crippen LogP contribution in [0, 0.1) is 11.1 Å². The Labute approximate surface area is 90.0 Å². The molecule has 0 radical (unpaired) electrons. The van der Waals surface area contributed by atoms with Gasteiger partial charge in [-0.3, -0.25) is 0 Å². The maximum Gasteiger partial charge on any atom is 0.123 e.